The Balaban J connectivity index is 1.23. The van der Waals surface area contributed by atoms with Gasteiger partial charge in [-0.3, -0.25) is 0 Å². The second-order valence-electron chi connectivity index (χ2n) is 7.66. The number of hydrogen-bond donors (Lipinski definition) is 1. The summed E-state index contributed by atoms with van der Waals surface area (Å²) in [6.45, 7) is 2.10. The van der Waals surface area contributed by atoms with Crippen LogP contribution in [0.4, 0.5) is 6.01 Å². The van der Waals surface area contributed by atoms with E-state index in [9.17, 15) is 8.42 Å². The minimum absolute atomic E-state index is 0.0844. The summed E-state index contributed by atoms with van der Waals surface area (Å²) in [6.07, 6.45) is 2.29. The molecule has 4 rings (SSSR count). The fourth-order valence-electron chi connectivity index (χ4n) is 3.69. The van der Waals surface area contributed by atoms with Crippen molar-refractivity contribution in [1.82, 2.24) is 9.71 Å². The number of nitrogens with one attached hydrogen (secondary N) is 1. The van der Waals surface area contributed by atoms with E-state index in [1.807, 2.05) is 48.5 Å². The predicted molar refractivity (Wildman–Crippen MR) is 117 cm³/mol. The quantitative estimate of drug-likeness (QED) is 0.592. The molecule has 1 N–H and O–H groups in total. The highest BCUT2D eigenvalue weighted by atomic mass is 32.2. The zero-order valence-electron chi connectivity index (χ0n) is 17.1. The molecule has 1 saturated heterocycles. The van der Waals surface area contributed by atoms with Crippen molar-refractivity contribution in [1.29, 1.82) is 0 Å². The molecule has 1 aliphatic heterocycles. The third-order valence-corrected chi connectivity index (χ3v) is 6.93. The Morgan fingerprint density at radius 3 is 2.57 bits per heavy atom. The normalized spacial score (nSPS) is 15.6. The summed E-state index contributed by atoms with van der Waals surface area (Å²) in [7, 11) is -1.69. The summed E-state index contributed by atoms with van der Waals surface area (Å²) < 4.78 is 38.5. The standard InChI is InChI=1S/C22H27N3O4S/c1-28-19-8-6-17(7-9-19)12-15-30(26,27)23-16-18-10-13-25(14-11-18)22-24-20-4-2-3-5-21(20)29-22/h2-9,18,23H,10-16H2,1H3. The lowest BCUT2D eigenvalue weighted by atomic mass is 9.97. The highest BCUT2D eigenvalue weighted by Crippen LogP contribution is 2.26. The molecule has 8 heteroatoms. The Labute approximate surface area is 177 Å². The Bertz CT molecular complexity index is 1040. The van der Waals surface area contributed by atoms with Gasteiger partial charge in [-0.2, -0.15) is 4.98 Å². The number of hydrogen-bond acceptors (Lipinski definition) is 6. The number of benzene rings is 2. The first-order chi connectivity index (χ1) is 14.5. The lowest BCUT2D eigenvalue weighted by Crippen LogP contribution is -2.39. The number of anilines is 1. The summed E-state index contributed by atoms with van der Waals surface area (Å²) in [5.41, 5.74) is 2.63. The molecule has 0 atom stereocenters. The topological polar surface area (TPSA) is 84.7 Å². The number of nitrogens with zero attached hydrogens (tertiary/aromatic N) is 2. The monoisotopic (exact) mass is 429 g/mol. The number of ether oxygens (including phenoxy) is 1. The fourth-order valence-corrected chi connectivity index (χ4v) is 4.82. The van der Waals surface area contributed by atoms with Crippen LogP contribution in [0.15, 0.2) is 52.9 Å². The molecular formula is C22H27N3O4S. The van der Waals surface area contributed by atoms with Crippen molar-refractivity contribution in [2.75, 3.05) is 37.4 Å². The van der Waals surface area contributed by atoms with Crippen LogP contribution >= 0.6 is 0 Å². The Hall–Kier alpha value is -2.58. The van der Waals surface area contributed by atoms with E-state index in [4.69, 9.17) is 9.15 Å². The molecule has 3 aromatic rings. The van der Waals surface area contributed by atoms with E-state index < -0.39 is 10.0 Å². The van der Waals surface area contributed by atoms with Crippen molar-refractivity contribution in [2.24, 2.45) is 5.92 Å². The van der Waals surface area contributed by atoms with Gasteiger partial charge >= 0.3 is 0 Å². The zero-order valence-corrected chi connectivity index (χ0v) is 17.9. The first-order valence-corrected chi connectivity index (χ1v) is 11.9. The van der Waals surface area contributed by atoms with Gasteiger partial charge in [-0.05, 0) is 55.0 Å². The molecule has 1 aliphatic rings. The first kappa shape index (κ1) is 20.7. The minimum Gasteiger partial charge on any atom is -0.497 e. The number of sulfonamides is 1. The molecule has 0 spiro atoms. The van der Waals surface area contributed by atoms with Gasteiger partial charge < -0.3 is 14.1 Å². The maximum Gasteiger partial charge on any atom is 0.298 e. The molecule has 0 amide bonds. The van der Waals surface area contributed by atoms with E-state index in [2.05, 4.69) is 14.6 Å². The molecule has 1 fully saturated rings. The minimum atomic E-state index is -3.30. The van der Waals surface area contributed by atoms with Crippen LogP contribution in [0.3, 0.4) is 0 Å². The van der Waals surface area contributed by atoms with Gasteiger partial charge in [-0.15, -0.1) is 0 Å². The molecule has 0 bridgehead atoms. The van der Waals surface area contributed by atoms with Crippen molar-refractivity contribution in [3.05, 3.63) is 54.1 Å². The molecule has 30 heavy (non-hydrogen) atoms. The molecule has 1 aromatic heterocycles. The zero-order chi connectivity index (χ0) is 21.0. The van der Waals surface area contributed by atoms with Crippen LogP contribution in [-0.4, -0.2) is 45.9 Å². The van der Waals surface area contributed by atoms with Gasteiger partial charge in [0.1, 0.15) is 11.3 Å². The third-order valence-electron chi connectivity index (χ3n) is 5.58. The molecule has 2 heterocycles. The average molecular weight is 430 g/mol. The van der Waals surface area contributed by atoms with Gasteiger partial charge in [0, 0.05) is 19.6 Å². The average Bonchev–Trinajstić information content (AvgIpc) is 3.21. The molecule has 2 aromatic carbocycles. The number of rotatable bonds is 8. The van der Waals surface area contributed by atoms with Crippen molar-refractivity contribution < 1.29 is 17.6 Å². The first-order valence-electron chi connectivity index (χ1n) is 10.2. The summed E-state index contributed by atoms with van der Waals surface area (Å²) in [5, 5.41) is 0. The van der Waals surface area contributed by atoms with E-state index in [1.54, 1.807) is 7.11 Å². The van der Waals surface area contributed by atoms with Gasteiger partial charge in [0.2, 0.25) is 10.0 Å². The van der Waals surface area contributed by atoms with Crippen molar-refractivity contribution in [3.8, 4) is 5.75 Å². The Kier molecular flexibility index (Phi) is 6.24. The summed E-state index contributed by atoms with van der Waals surface area (Å²) >= 11 is 0. The highest BCUT2D eigenvalue weighted by molar-refractivity contribution is 7.89. The Morgan fingerprint density at radius 2 is 1.87 bits per heavy atom. The van der Waals surface area contributed by atoms with Crippen LogP contribution in [0.5, 0.6) is 5.75 Å². The van der Waals surface area contributed by atoms with Crippen LogP contribution in [-0.2, 0) is 16.4 Å². The maximum absolute atomic E-state index is 12.4. The SMILES string of the molecule is COc1ccc(CCS(=O)(=O)NCC2CCN(c3nc4ccccc4o3)CC2)cc1. The lowest BCUT2D eigenvalue weighted by Gasteiger charge is -2.30. The highest BCUT2D eigenvalue weighted by Gasteiger charge is 2.24. The van der Waals surface area contributed by atoms with Gasteiger partial charge in [-0.1, -0.05) is 24.3 Å². The summed E-state index contributed by atoms with van der Waals surface area (Å²) in [6, 6.07) is 15.9. The number of aromatic nitrogens is 1. The fraction of sp³-hybridized carbons (Fsp3) is 0.409. The van der Waals surface area contributed by atoms with Crippen LogP contribution in [0, 0.1) is 5.92 Å². The maximum atomic E-state index is 12.4. The molecule has 0 unspecified atom stereocenters. The number of fused-ring (bicyclic) bond motifs is 1. The van der Waals surface area contributed by atoms with Crippen LogP contribution in [0.2, 0.25) is 0 Å². The number of aryl methyl sites for hydroxylation is 1. The van der Waals surface area contributed by atoms with Gasteiger partial charge in [-0.25, -0.2) is 13.1 Å². The Morgan fingerprint density at radius 1 is 1.13 bits per heavy atom. The summed E-state index contributed by atoms with van der Waals surface area (Å²) in [4.78, 5) is 6.68. The van der Waals surface area contributed by atoms with Crippen molar-refractivity contribution in [2.45, 2.75) is 19.3 Å². The predicted octanol–water partition coefficient (Wildman–Crippen LogP) is 3.21. The number of methoxy groups -OCH3 is 1. The number of piperidine rings is 1. The van der Waals surface area contributed by atoms with Gasteiger partial charge in [0.25, 0.3) is 6.01 Å². The van der Waals surface area contributed by atoms with E-state index in [0.29, 0.717) is 24.9 Å². The largest absolute Gasteiger partial charge is 0.497 e. The molecule has 160 valence electrons. The number of oxazole rings is 1. The van der Waals surface area contributed by atoms with Crippen molar-refractivity contribution in [3.63, 3.8) is 0 Å². The molecule has 7 nitrogen and oxygen atoms in total. The van der Waals surface area contributed by atoms with Gasteiger partial charge in [0.05, 0.1) is 12.9 Å². The molecule has 0 radical (unpaired) electrons. The van der Waals surface area contributed by atoms with Crippen molar-refractivity contribution >= 4 is 27.1 Å². The van der Waals surface area contributed by atoms with E-state index in [0.717, 1.165) is 48.3 Å². The van der Waals surface area contributed by atoms with Crippen LogP contribution in [0.1, 0.15) is 18.4 Å². The van der Waals surface area contributed by atoms with Crippen LogP contribution < -0.4 is 14.4 Å². The second-order valence-corrected chi connectivity index (χ2v) is 9.59. The third kappa shape index (κ3) is 5.12. The van der Waals surface area contributed by atoms with E-state index >= 15 is 0 Å². The number of para-hydroxylation sites is 2. The van der Waals surface area contributed by atoms with E-state index in [1.165, 1.54) is 0 Å². The smallest absolute Gasteiger partial charge is 0.298 e. The van der Waals surface area contributed by atoms with E-state index in [-0.39, 0.29) is 5.75 Å². The van der Waals surface area contributed by atoms with Gasteiger partial charge in [0.15, 0.2) is 5.58 Å². The molecule has 0 saturated carbocycles. The van der Waals surface area contributed by atoms with Crippen LogP contribution in [0.25, 0.3) is 11.1 Å². The molecular weight excluding hydrogens is 402 g/mol. The molecule has 0 aliphatic carbocycles. The second kappa shape index (κ2) is 9.06. The summed E-state index contributed by atoms with van der Waals surface area (Å²) in [5.74, 6) is 1.17. The lowest BCUT2D eigenvalue weighted by molar-refractivity contribution is 0.387.